The minimum atomic E-state index is -0.942. The zero-order valence-corrected chi connectivity index (χ0v) is 8.58. The third-order valence-electron chi connectivity index (χ3n) is 1.81. The second kappa shape index (κ2) is 6.18. The Morgan fingerprint density at radius 3 is 2.43 bits per heavy atom. The predicted octanol–water partition coefficient (Wildman–Crippen LogP) is 1.75. The first-order valence-electron chi connectivity index (χ1n) is 4.58. The van der Waals surface area contributed by atoms with Crippen LogP contribution >= 0.6 is 0 Å². The first kappa shape index (κ1) is 12.7. The van der Waals surface area contributed by atoms with Crippen molar-refractivity contribution in [2.24, 2.45) is 0 Å². The molecule has 1 N–H and O–H groups in total. The van der Waals surface area contributed by atoms with Gasteiger partial charge in [0, 0.05) is 12.0 Å². The van der Waals surface area contributed by atoms with Crippen LogP contribution in [0.5, 0.6) is 0 Å². The zero-order chi connectivity index (χ0) is 11.1. The van der Waals surface area contributed by atoms with Gasteiger partial charge in [0.15, 0.2) is 0 Å². The van der Waals surface area contributed by atoms with Gasteiger partial charge >= 0.3 is 11.9 Å². The molecule has 4 heteroatoms. The molecule has 4 nitrogen and oxygen atoms in total. The van der Waals surface area contributed by atoms with Crippen molar-refractivity contribution in [3.8, 4) is 0 Å². The predicted molar refractivity (Wildman–Crippen MR) is 51.9 cm³/mol. The van der Waals surface area contributed by atoms with Crippen molar-refractivity contribution in [2.45, 2.75) is 39.2 Å². The fraction of sp³-hybridized carbons (Fsp3) is 0.600. The molecule has 0 fully saturated rings. The van der Waals surface area contributed by atoms with Crippen LogP contribution in [0.25, 0.3) is 0 Å². The van der Waals surface area contributed by atoms with E-state index in [1.54, 1.807) is 6.92 Å². The summed E-state index contributed by atoms with van der Waals surface area (Å²) in [7, 11) is 0. The fourth-order valence-corrected chi connectivity index (χ4v) is 0.709. The van der Waals surface area contributed by atoms with Gasteiger partial charge in [-0.15, -0.1) is 0 Å². The van der Waals surface area contributed by atoms with Gasteiger partial charge in [0.2, 0.25) is 0 Å². The van der Waals surface area contributed by atoms with Gasteiger partial charge in [-0.05, 0) is 19.8 Å². The van der Waals surface area contributed by atoms with Crippen LogP contribution in [0.15, 0.2) is 12.2 Å². The second-order valence-electron chi connectivity index (χ2n) is 3.12. The Morgan fingerprint density at radius 1 is 1.43 bits per heavy atom. The summed E-state index contributed by atoms with van der Waals surface area (Å²) in [6.07, 6.45) is 0.640. The average Bonchev–Trinajstić information content (AvgIpc) is 2.13. The van der Waals surface area contributed by atoms with Crippen molar-refractivity contribution in [1.82, 2.24) is 0 Å². The Hall–Kier alpha value is -1.32. The van der Waals surface area contributed by atoms with Gasteiger partial charge in [0.25, 0.3) is 0 Å². The fourth-order valence-electron chi connectivity index (χ4n) is 0.709. The molecular formula is C10H16O4. The number of esters is 1. The normalized spacial score (nSPS) is 11.9. The van der Waals surface area contributed by atoms with E-state index in [4.69, 9.17) is 9.84 Å². The third kappa shape index (κ3) is 5.35. The molecule has 80 valence electrons. The molecule has 0 radical (unpaired) electrons. The van der Waals surface area contributed by atoms with E-state index in [0.717, 1.165) is 6.42 Å². The maximum Gasteiger partial charge on any atom is 0.333 e. The summed E-state index contributed by atoms with van der Waals surface area (Å²) in [6.45, 7) is 7.16. The minimum Gasteiger partial charge on any atom is -0.481 e. The highest BCUT2D eigenvalue weighted by Crippen LogP contribution is 2.07. The molecule has 1 unspecified atom stereocenters. The lowest BCUT2D eigenvalue weighted by atomic mass is 10.1. The van der Waals surface area contributed by atoms with Crippen molar-refractivity contribution >= 4 is 11.9 Å². The molecule has 0 aliphatic carbocycles. The highest BCUT2D eigenvalue weighted by Gasteiger charge is 2.12. The molecule has 0 heterocycles. The van der Waals surface area contributed by atoms with E-state index in [9.17, 15) is 9.59 Å². The Balaban J connectivity index is 3.88. The Bertz CT molecular complexity index is 232. The molecule has 0 aliphatic heterocycles. The Labute approximate surface area is 83.6 Å². The smallest absolute Gasteiger partial charge is 0.333 e. The van der Waals surface area contributed by atoms with Gasteiger partial charge in [-0.3, -0.25) is 4.79 Å². The van der Waals surface area contributed by atoms with Gasteiger partial charge in [0.1, 0.15) is 0 Å². The summed E-state index contributed by atoms with van der Waals surface area (Å²) in [4.78, 5) is 21.4. The van der Waals surface area contributed by atoms with Crippen molar-refractivity contribution < 1.29 is 19.4 Å². The topological polar surface area (TPSA) is 63.6 Å². The lowest BCUT2D eigenvalue weighted by molar-refractivity contribution is -0.143. The lowest BCUT2D eigenvalue weighted by Gasteiger charge is -2.11. The summed E-state index contributed by atoms with van der Waals surface area (Å²) >= 11 is 0. The summed E-state index contributed by atoms with van der Waals surface area (Å²) in [5.41, 5.74) is 0.215. The van der Waals surface area contributed by atoms with Crippen molar-refractivity contribution in [2.75, 3.05) is 0 Å². The summed E-state index contributed by atoms with van der Waals surface area (Å²) in [5.74, 6) is -1.44. The number of carbonyl (C=O) groups excluding carboxylic acids is 1. The molecule has 0 saturated carbocycles. The van der Waals surface area contributed by atoms with Crippen LogP contribution in [0.1, 0.15) is 33.1 Å². The van der Waals surface area contributed by atoms with Gasteiger partial charge in [-0.25, -0.2) is 4.79 Å². The summed E-state index contributed by atoms with van der Waals surface area (Å²) in [5, 5.41) is 8.38. The van der Waals surface area contributed by atoms with Crippen LogP contribution in [0.4, 0.5) is 0 Å². The van der Waals surface area contributed by atoms with E-state index in [-0.39, 0.29) is 24.5 Å². The molecule has 0 spiro atoms. The molecule has 0 saturated heterocycles. The maximum absolute atomic E-state index is 11.2. The maximum atomic E-state index is 11.2. The molecule has 0 aromatic rings. The molecular weight excluding hydrogens is 184 g/mol. The third-order valence-corrected chi connectivity index (χ3v) is 1.81. The minimum absolute atomic E-state index is 0.0888. The van der Waals surface area contributed by atoms with Gasteiger partial charge in [-0.1, -0.05) is 13.5 Å². The first-order valence-corrected chi connectivity index (χ1v) is 4.58. The molecule has 14 heavy (non-hydrogen) atoms. The number of aliphatic carboxylic acids is 1. The Kier molecular flexibility index (Phi) is 5.60. The van der Waals surface area contributed by atoms with E-state index in [1.165, 1.54) is 0 Å². The molecule has 0 aliphatic rings. The van der Waals surface area contributed by atoms with Crippen LogP contribution in [0.2, 0.25) is 0 Å². The molecule has 0 aromatic carbocycles. The number of carboxylic acid groups (broad SMARTS) is 1. The van der Waals surface area contributed by atoms with Crippen LogP contribution in [-0.2, 0) is 14.3 Å². The molecule has 0 rings (SSSR count). The number of ether oxygens (including phenoxy) is 1. The first-order chi connectivity index (χ1) is 6.47. The van der Waals surface area contributed by atoms with Gasteiger partial charge in [-0.2, -0.15) is 0 Å². The zero-order valence-electron chi connectivity index (χ0n) is 8.58. The summed E-state index contributed by atoms with van der Waals surface area (Å²) in [6, 6.07) is 0. The molecule has 1 atom stereocenters. The molecule has 0 aromatic heterocycles. The highest BCUT2D eigenvalue weighted by molar-refractivity contribution is 5.88. The van der Waals surface area contributed by atoms with Crippen molar-refractivity contribution in [3.63, 3.8) is 0 Å². The van der Waals surface area contributed by atoms with Crippen molar-refractivity contribution in [3.05, 3.63) is 12.2 Å². The van der Waals surface area contributed by atoms with E-state index >= 15 is 0 Å². The largest absolute Gasteiger partial charge is 0.481 e. The quantitative estimate of drug-likeness (QED) is 0.524. The SMILES string of the molecule is C=C(CCC(=O)O)C(=O)OC(C)CC. The highest BCUT2D eigenvalue weighted by atomic mass is 16.5. The summed E-state index contributed by atoms with van der Waals surface area (Å²) < 4.78 is 4.96. The van der Waals surface area contributed by atoms with Crippen LogP contribution in [0.3, 0.4) is 0 Å². The van der Waals surface area contributed by atoms with Crippen LogP contribution < -0.4 is 0 Å². The van der Waals surface area contributed by atoms with E-state index in [1.807, 2.05) is 6.92 Å². The number of hydrogen-bond donors (Lipinski definition) is 1. The number of carboxylic acids is 1. The number of carbonyl (C=O) groups is 2. The van der Waals surface area contributed by atoms with Crippen LogP contribution in [-0.4, -0.2) is 23.1 Å². The monoisotopic (exact) mass is 200 g/mol. The number of rotatable bonds is 6. The van der Waals surface area contributed by atoms with E-state index in [0.29, 0.717) is 0 Å². The van der Waals surface area contributed by atoms with Gasteiger partial charge < -0.3 is 9.84 Å². The second-order valence-corrected chi connectivity index (χ2v) is 3.12. The van der Waals surface area contributed by atoms with Crippen molar-refractivity contribution in [1.29, 1.82) is 0 Å². The molecule has 0 bridgehead atoms. The van der Waals surface area contributed by atoms with Crippen LogP contribution in [0, 0.1) is 0 Å². The standard InChI is InChI=1S/C10H16O4/c1-4-8(3)14-10(13)7(2)5-6-9(11)12/h8H,2,4-6H2,1,3H3,(H,11,12). The Morgan fingerprint density at radius 2 is 2.00 bits per heavy atom. The average molecular weight is 200 g/mol. The molecule has 0 amide bonds. The van der Waals surface area contributed by atoms with Gasteiger partial charge in [0.05, 0.1) is 6.10 Å². The van der Waals surface area contributed by atoms with E-state index in [2.05, 4.69) is 6.58 Å². The van der Waals surface area contributed by atoms with E-state index < -0.39 is 11.9 Å². The lowest BCUT2D eigenvalue weighted by Crippen LogP contribution is -2.15. The number of hydrogen-bond acceptors (Lipinski definition) is 3.